The highest BCUT2D eigenvalue weighted by Crippen LogP contribution is 2.27. The first-order valence-electron chi connectivity index (χ1n) is 9.90. The first-order valence-corrected chi connectivity index (χ1v) is 9.90. The molecule has 6 heteroatoms. The number of hydrogen-bond donors (Lipinski definition) is 2. The standard InChI is InChI=1S/C23H27N3O3/c1-16(15-27)14-25-23(28)22(13-24)17(2)18-3-4-20-12-21(6-5-19(20)11-18)26-7-9-29-10-8-26/h3-6,11-12,16,27H,7-10,14-15H2,1-2H3,(H,25,28)/b22-17+. The van der Waals surface area contributed by atoms with Crippen LogP contribution >= 0.6 is 0 Å². The van der Waals surface area contributed by atoms with Gasteiger partial charge < -0.3 is 20.1 Å². The van der Waals surface area contributed by atoms with Crippen molar-refractivity contribution < 1.29 is 14.6 Å². The summed E-state index contributed by atoms with van der Waals surface area (Å²) in [5.74, 6) is -0.464. The van der Waals surface area contributed by atoms with Crippen LogP contribution in [0.3, 0.4) is 0 Å². The minimum absolute atomic E-state index is 0.0119. The molecule has 3 rings (SSSR count). The molecule has 1 atom stereocenters. The molecular formula is C23H27N3O3. The summed E-state index contributed by atoms with van der Waals surface area (Å²) >= 11 is 0. The van der Waals surface area contributed by atoms with Gasteiger partial charge in [-0.05, 0) is 52.9 Å². The number of rotatable bonds is 6. The van der Waals surface area contributed by atoms with E-state index in [4.69, 9.17) is 9.84 Å². The highest BCUT2D eigenvalue weighted by atomic mass is 16.5. The van der Waals surface area contributed by atoms with Crippen LogP contribution in [0.5, 0.6) is 0 Å². The molecule has 0 aliphatic carbocycles. The number of fused-ring (bicyclic) bond motifs is 1. The van der Waals surface area contributed by atoms with Gasteiger partial charge in [-0.15, -0.1) is 0 Å². The van der Waals surface area contributed by atoms with Crippen molar-refractivity contribution in [3.05, 3.63) is 47.5 Å². The fourth-order valence-corrected chi connectivity index (χ4v) is 3.35. The van der Waals surface area contributed by atoms with Crippen molar-refractivity contribution >= 4 is 27.9 Å². The molecule has 1 saturated heterocycles. The van der Waals surface area contributed by atoms with E-state index in [2.05, 4.69) is 28.4 Å². The Hall–Kier alpha value is -2.88. The Balaban J connectivity index is 1.85. The van der Waals surface area contributed by atoms with E-state index in [1.165, 1.54) is 5.69 Å². The van der Waals surface area contributed by atoms with Crippen LogP contribution in [-0.4, -0.2) is 50.5 Å². The number of aliphatic hydroxyl groups excluding tert-OH is 1. The average Bonchev–Trinajstić information content (AvgIpc) is 2.77. The SMILES string of the molecule is C/C(=C(/C#N)C(=O)NCC(C)CO)c1ccc2cc(N3CCOCC3)ccc2c1. The second-order valence-electron chi connectivity index (χ2n) is 7.46. The molecule has 1 amide bonds. The molecular weight excluding hydrogens is 366 g/mol. The summed E-state index contributed by atoms with van der Waals surface area (Å²) < 4.78 is 5.42. The lowest BCUT2D eigenvalue weighted by Crippen LogP contribution is -2.36. The fraction of sp³-hybridized carbons (Fsp3) is 0.391. The predicted octanol–water partition coefficient (Wildman–Crippen LogP) is 2.72. The Kier molecular flexibility index (Phi) is 6.86. The monoisotopic (exact) mass is 393 g/mol. The van der Waals surface area contributed by atoms with Gasteiger partial charge in [-0.1, -0.05) is 25.1 Å². The van der Waals surface area contributed by atoms with Gasteiger partial charge >= 0.3 is 0 Å². The Morgan fingerprint density at radius 1 is 1.24 bits per heavy atom. The van der Waals surface area contributed by atoms with Gasteiger partial charge in [0.15, 0.2) is 0 Å². The lowest BCUT2D eigenvalue weighted by atomic mass is 9.98. The van der Waals surface area contributed by atoms with E-state index in [-0.39, 0.29) is 18.1 Å². The third-order valence-electron chi connectivity index (χ3n) is 5.27. The van der Waals surface area contributed by atoms with Crippen LogP contribution < -0.4 is 10.2 Å². The van der Waals surface area contributed by atoms with Crippen LogP contribution in [-0.2, 0) is 9.53 Å². The normalized spacial score (nSPS) is 16.1. The number of allylic oxidation sites excluding steroid dienone is 1. The molecule has 2 aromatic rings. The topological polar surface area (TPSA) is 85.6 Å². The summed E-state index contributed by atoms with van der Waals surface area (Å²) in [5, 5.41) is 23.5. The molecule has 0 aromatic heterocycles. The summed E-state index contributed by atoms with van der Waals surface area (Å²) in [7, 11) is 0. The number of amides is 1. The molecule has 0 radical (unpaired) electrons. The third kappa shape index (κ3) is 4.94. The fourth-order valence-electron chi connectivity index (χ4n) is 3.35. The van der Waals surface area contributed by atoms with Gasteiger partial charge in [-0.25, -0.2) is 0 Å². The summed E-state index contributed by atoms with van der Waals surface area (Å²) in [4.78, 5) is 14.7. The molecule has 1 aliphatic heterocycles. The third-order valence-corrected chi connectivity index (χ3v) is 5.27. The van der Waals surface area contributed by atoms with Crippen molar-refractivity contribution in [2.75, 3.05) is 44.4 Å². The zero-order chi connectivity index (χ0) is 20.8. The van der Waals surface area contributed by atoms with E-state index >= 15 is 0 Å². The van der Waals surface area contributed by atoms with Crippen LogP contribution in [0.15, 0.2) is 42.0 Å². The van der Waals surface area contributed by atoms with Gasteiger partial charge in [0.05, 0.1) is 13.2 Å². The largest absolute Gasteiger partial charge is 0.396 e. The molecule has 2 aromatic carbocycles. The van der Waals surface area contributed by atoms with Crippen LogP contribution in [0.2, 0.25) is 0 Å². The molecule has 1 fully saturated rings. The number of ether oxygens (including phenoxy) is 1. The van der Waals surface area contributed by atoms with Gasteiger partial charge in [0.2, 0.25) is 0 Å². The number of carbonyl (C=O) groups excluding carboxylic acids is 1. The van der Waals surface area contributed by atoms with Crippen LogP contribution in [0.1, 0.15) is 19.4 Å². The van der Waals surface area contributed by atoms with E-state index in [0.717, 1.165) is 42.6 Å². The Morgan fingerprint density at radius 3 is 2.62 bits per heavy atom. The zero-order valence-electron chi connectivity index (χ0n) is 16.9. The molecule has 2 N–H and O–H groups in total. The molecule has 0 spiro atoms. The number of anilines is 1. The summed E-state index contributed by atoms with van der Waals surface area (Å²) in [6.45, 7) is 7.21. The summed E-state index contributed by atoms with van der Waals surface area (Å²) in [6.07, 6.45) is 0. The molecule has 6 nitrogen and oxygen atoms in total. The lowest BCUT2D eigenvalue weighted by Gasteiger charge is -2.29. The number of nitriles is 1. The van der Waals surface area contributed by atoms with E-state index in [1.807, 2.05) is 31.2 Å². The van der Waals surface area contributed by atoms with Crippen molar-refractivity contribution in [3.8, 4) is 6.07 Å². The molecule has 152 valence electrons. The van der Waals surface area contributed by atoms with Gasteiger partial charge in [0, 0.05) is 31.9 Å². The Bertz CT molecular complexity index is 955. The summed E-state index contributed by atoms with van der Waals surface area (Å²) in [5.41, 5.74) is 2.76. The van der Waals surface area contributed by atoms with Crippen molar-refractivity contribution in [2.24, 2.45) is 5.92 Å². The number of hydrogen-bond acceptors (Lipinski definition) is 5. The quantitative estimate of drug-likeness (QED) is 0.582. The Labute approximate surface area is 171 Å². The van der Waals surface area contributed by atoms with E-state index in [9.17, 15) is 10.1 Å². The maximum absolute atomic E-state index is 12.4. The first-order chi connectivity index (χ1) is 14.0. The maximum atomic E-state index is 12.4. The second-order valence-corrected chi connectivity index (χ2v) is 7.46. The number of benzene rings is 2. The van der Waals surface area contributed by atoms with E-state index < -0.39 is 5.91 Å². The molecule has 0 saturated carbocycles. The van der Waals surface area contributed by atoms with Gasteiger partial charge in [0.25, 0.3) is 5.91 Å². The number of aliphatic hydroxyl groups is 1. The van der Waals surface area contributed by atoms with E-state index in [1.54, 1.807) is 6.92 Å². The maximum Gasteiger partial charge on any atom is 0.262 e. The van der Waals surface area contributed by atoms with Crippen molar-refractivity contribution in [3.63, 3.8) is 0 Å². The molecule has 1 heterocycles. The first kappa shape index (κ1) is 20.8. The highest BCUT2D eigenvalue weighted by Gasteiger charge is 2.16. The van der Waals surface area contributed by atoms with Crippen LogP contribution in [0.4, 0.5) is 5.69 Å². The molecule has 0 bridgehead atoms. The number of nitrogens with zero attached hydrogens (tertiary/aromatic N) is 2. The minimum Gasteiger partial charge on any atom is -0.396 e. The number of carbonyl (C=O) groups is 1. The molecule has 1 unspecified atom stereocenters. The van der Waals surface area contributed by atoms with Crippen LogP contribution in [0, 0.1) is 17.2 Å². The van der Waals surface area contributed by atoms with Crippen molar-refractivity contribution in [1.82, 2.24) is 5.32 Å². The summed E-state index contributed by atoms with van der Waals surface area (Å²) in [6, 6.07) is 14.4. The zero-order valence-corrected chi connectivity index (χ0v) is 16.9. The van der Waals surface area contributed by atoms with Gasteiger partial charge in [-0.2, -0.15) is 5.26 Å². The van der Waals surface area contributed by atoms with Crippen molar-refractivity contribution in [1.29, 1.82) is 5.26 Å². The number of morpholine rings is 1. The second kappa shape index (κ2) is 9.55. The smallest absolute Gasteiger partial charge is 0.262 e. The predicted molar refractivity (Wildman–Crippen MR) is 114 cm³/mol. The average molecular weight is 393 g/mol. The van der Waals surface area contributed by atoms with Gasteiger partial charge in [0.1, 0.15) is 11.6 Å². The molecule has 1 aliphatic rings. The van der Waals surface area contributed by atoms with Crippen molar-refractivity contribution in [2.45, 2.75) is 13.8 Å². The Morgan fingerprint density at radius 2 is 1.93 bits per heavy atom. The lowest BCUT2D eigenvalue weighted by molar-refractivity contribution is -0.117. The minimum atomic E-state index is -0.409. The van der Waals surface area contributed by atoms with Gasteiger partial charge in [-0.3, -0.25) is 4.79 Å². The van der Waals surface area contributed by atoms with E-state index in [0.29, 0.717) is 12.1 Å². The van der Waals surface area contributed by atoms with Crippen LogP contribution in [0.25, 0.3) is 16.3 Å². The highest BCUT2D eigenvalue weighted by molar-refractivity contribution is 6.05. The molecule has 29 heavy (non-hydrogen) atoms. The number of nitrogens with one attached hydrogen (secondary N) is 1.